The largest absolute Gasteiger partial charge is 0.710 e. The zero-order valence-electron chi connectivity index (χ0n) is 12.7. The maximum atomic E-state index is 12.9. The topological polar surface area (TPSA) is 101 Å². The van der Waals surface area contributed by atoms with Crippen LogP contribution < -0.4 is 19.9 Å². The Balaban J connectivity index is 1.92. The van der Waals surface area contributed by atoms with Gasteiger partial charge in [-0.25, -0.2) is 4.73 Å². The van der Waals surface area contributed by atoms with Gasteiger partial charge in [0.05, 0.1) is 24.5 Å². The number of hydrogen-bond acceptors (Lipinski definition) is 6. The van der Waals surface area contributed by atoms with Crippen LogP contribution in [0.4, 0.5) is 5.82 Å². The van der Waals surface area contributed by atoms with E-state index in [0.717, 1.165) is 0 Å². The Kier molecular flexibility index (Phi) is 3.34. The number of aliphatic imine (C=N–C) groups is 1. The Hall–Kier alpha value is -2.74. The Morgan fingerprint density at radius 2 is 1.96 bits per heavy atom. The highest BCUT2D eigenvalue weighted by Crippen LogP contribution is 2.34. The van der Waals surface area contributed by atoms with Gasteiger partial charge >= 0.3 is 11.5 Å². The monoisotopic (exact) mass is 342 g/mol. The molecule has 4 rings (SSSR count). The number of nitrogen functional groups attached to an aromatic ring is 1. The number of allylic oxidation sites excluding steroid dienone is 2. The minimum atomic E-state index is -0.152. The average Bonchev–Trinajstić information content (AvgIpc) is 3.03. The van der Waals surface area contributed by atoms with E-state index in [9.17, 15) is 10.4 Å². The number of hydrogen-bond donors (Lipinski definition) is 1. The molecule has 0 amide bonds. The van der Waals surface area contributed by atoms with Gasteiger partial charge < -0.3 is 15.2 Å². The molecule has 0 fully saturated rings. The van der Waals surface area contributed by atoms with Crippen LogP contribution in [0.1, 0.15) is 5.69 Å². The molecule has 2 aromatic rings. The van der Waals surface area contributed by atoms with Gasteiger partial charge in [-0.05, 0) is 12.1 Å². The van der Waals surface area contributed by atoms with Gasteiger partial charge in [-0.1, -0.05) is 36.1 Å². The molecule has 0 bridgehead atoms. The summed E-state index contributed by atoms with van der Waals surface area (Å²) >= 11 is 1.43. The van der Waals surface area contributed by atoms with Crippen LogP contribution in [0.5, 0.6) is 5.75 Å². The number of nitrogens with zero attached hydrogens (tertiary/aromatic N) is 3. The smallest absolute Gasteiger partial charge is 0.353 e. The molecule has 2 unspecified atom stereocenters. The van der Waals surface area contributed by atoms with Crippen molar-refractivity contribution in [2.24, 2.45) is 4.99 Å². The van der Waals surface area contributed by atoms with Gasteiger partial charge in [0.25, 0.3) is 5.52 Å². The first kappa shape index (κ1) is 14.8. The van der Waals surface area contributed by atoms with Gasteiger partial charge in [0.15, 0.2) is 5.04 Å². The van der Waals surface area contributed by atoms with Crippen molar-refractivity contribution in [3.05, 3.63) is 58.6 Å². The van der Waals surface area contributed by atoms with Crippen molar-refractivity contribution in [3.8, 4) is 5.75 Å². The molecule has 1 aliphatic heterocycles. The van der Waals surface area contributed by atoms with E-state index in [1.807, 2.05) is 24.3 Å². The zero-order valence-corrected chi connectivity index (χ0v) is 13.6. The molecular formula is C16H14N4O3S. The minimum Gasteiger partial charge on any atom is -0.710 e. The van der Waals surface area contributed by atoms with Gasteiger partial charge in [0, 0.05) is 0 Å². The summed E-state index contributed by atoms with van der Waals surface area (Å²) < 4.78 is 6.37. The van der Waals surface area contributed by atoms with E-state index >= 15 is 0 Å². The molecule has 7 nitrogen and oxygen atoms in total. The SMILES string of the molecule is COc1ccc2c(c1)[n+]([O-])c(C1=NC3C=CC=CC3S1)c(N)[n+]2[O-]. The molecule has 122 valence electrons. The third kappa shape index (κ3) is 2.10. The molecule has 1 aromatic heterocycles. The highest BCUT2D eigenvalue weighted by molar-refractivity contribution is 8.15. The predicted molar refractivity (Wildman–Crippen MR) is 92.8 cm³/mol. The minimum absolute atomic E-state index is 0.0458. The summed E-state index contributed by atoms with van der Waals surface area (Å²) in [7, 11) is 1.50. The van der Waals surface area contributed by atoms with E-state index in [1.54, 1.807) is 6.07 Å². The lowest BCUT2D eigenvalue weighted by atomic mass is 10.1. The molecule has 0 saturated carbocycles. The van der Waals surface area contributed by atoms with Crippen molar-refractivity contribution >= 4 is 33.7 Å². The fourth-order valence-electron chi connectivity index (χ4n) is 2.82. The van der Waals surface area contributed by atoms with Crippen molar-refractivity contribution < 1.29 is 14.2 Å². The number of methoxy groups -OCH3 is 1. The lowest BCUT2D eigenvalue weighted by Crippen LogP contribution is -2.45. The van der Waals surface area contributed by atoms with Crippen LogP contribution >= 0.6 is 11.8 Å². The van der Waals surface area contributed by atoms with Crippen molar-refractivity contribution in [2.75, 3.05) is 12.8 Å². The first-order valence-electron chi connectivity index (χ1n) is 7.32. The van der Waals surface area contributed by atoms with Crippen LogP contribution in [0, 0.1) is 10.4 Å². The van der Waals surface area contributed by atoms with Gasteiger partial charge in [0.2, 0.25) is 5.52 Å². The van der Waals surface area contributed by atoms with Crippen LogP contribution in [-0.2, 0) is 0 Å². The van der Waals surface area contributed by atoms with E-state index in [0.29, 0.717) is 20.3 Å². The number of ether oxygens (including phenoxy) is 1. The summed E-state index contributed by atoms with van der Waals surface area (Å²) in [5, 5.41) is 25.9. The van der Waals surface area contributed by atoms with Gasteiger partial charge in [-0.15, -0.1) is 0 Å². The number of thioether (sulfide) groups is 1. The van der Waals surface area contributed by atoms with Crippen LogP contribution in [0.2, 0.25) is 0 Å². The fraction of sp³-hybridized carbons (Fsp3) is 0.188. The molecule has 0 saturated heterocycles. The Morgan fingerprint density at radius 1 is 1.17 bits per heavy atom. The lowest BCUT2D eigenvalue weighted by molar-refractivity contribution is -0.619. The molecule has 0 radical (unpaired) electrons. The van der Waals surface area contributed by atoms with Crippen LogP contribution in [0.3, 0.4) is 0 Å². The third-order valence-corrected chi connectivity index (χ3v) is 5.29. The molecule has 24 heavy (non-hydrogen) atoms. The maximum absolute atomic E-state index is 12.9. The fourth-order valence-corrected chi connectivity index (χ4v) is 4.02. The Labute approximate surface area is 141 Å². The maximum Gasteiger partial charge on any atom is 0.353 e. The van der Waals surface area contributed by atoms with E-state index in [1.165, 1.54) is 31.0 Å². The number of benzene rings is 1. The Morgan fingerprint density at radius 3 is 2.71 bits per heavy atom. The van der Waals surface area contributed by atoms with Crippen molar-refractivity contribution in [1.29, 1.82) is 0 Å². The van der Waals surface area contributed by atoms with Gasteiger partial charge in [-0.2, -0.15) is 4.73 Å². The molecular weight excluding hydrogens is 328 g/mol. The zero-order chi connectivity index (χ0) is 16.8. The van der Waals surface area contributed by atoms with E-state index in [-0.39, 0.29) is 33.8 Å². The highest BCUT2D eigenvalue weighted by atomic mass is 32.2. The number of rotatable bonds is 2. The standard InChI is InChI=1S/C16H14N4O3S/c1-23-9-6-7-11-12(8-9)19(21)14(15(17)20(11)22)16-18-10-4-2-3-5-13(10)24-16/h2-8,10,13H,17H2,1H3. The molecule has 2 heterocycles. The van der Waals surface area contributed by atoms with Crippen molar-refractivity contribution in [1.82, 2.24) is 0 Å². The van der Waals surface area contributed by atoms with Crippen LogP contribution in [0.25, 0.3) is 11.0 Å². The van der Waals surface area contributed by atoms with E-state index in [4.69, 9.17) is 10.5 Å². The van der Waals surface area contributed by atoms with Crippen molar-refractivity contribution in [3.63, 3.8) is 0 Å². The highest BCUT2D eigenvalue weighted by Gasteiger charge is 2.37. The normalized spacial score (nSPS) is 21.8. The summed E-state index contributed by atoms with van der Waals surface area (Å²) in [5.41, 5.74) is 6.43. The summed E-state index contributed by atoms with van der Waals surface area (Å²) in [5.74, 6) is 0.337. The summed E-state index contributed by atoms with van der Waals surface area (Å²) in [6.45, 7) is 0. The molecule has 1 aromatic carbocycles. The molecule has 8 heteroatoms. The van der Waals surface area contributed by atoms with E-state index < -0.39 is 0 Å². The van der Waals surface area contributed by atoms with Crippen LogP contribution in [-0.4, -0.2) is 23.4 Å². The quantitative estimate of drug-likeness (QED) is 0.649. The summed E-state index contributed by atoms with van der Waals surface area (Å²) in [6.07, 6.45) is 7.85. The van der Waals surface area contributed by atoms with Crippen molar-refractivity contribution in [2.45, 2.75) is 11.3 Å². The third-order valence-electron chi connectivity index (χ3n) is 4.06. The second-order valence-corrected chi connectivity index (χ2v) is 6.62. The number of fused-ring (bicyclic) bond motifs is 2. The second kappa shape index (κ2) is 5.41. The van der Waals surface area contributed by atoms with Crippen LogP contribution in [0.15, 0.2) is 47.5 Å². The summed E-state index contributed by atoms with van der Waals surface area (Å²) in [4.78, 5) is 4.55. The second-order valence-electron chi connectivity index (χ2n) is 5.45. The van der Waals surface area contributed by atoms with Gasteiger partial charge in [0.1, 0.15) is 5.75 Å². The molecule has 2 atom stereocenters. The Bertz CT molecular complexity index is 939. The molecule has 0 spiro atoms. The molecule has 2 N–H and O–H groups in total. The lowest BCUT2D eigenvalue weighted by Gasteiger charge is -2.14. The predicted octanol–water partition coefficient (Wildman–Crippen LogP) is 1.05. The number of anilines is 1. The molecule has 1 aliphatic carbocycles. The van der Waals surface area contributed by atoms with E-state index in [2.05, 4.69) is 4.99 Å². The molecule has 2 aliphatic rings. The summed E-state index contributed by atoms with van der Waals surface area (Å²) in [6, 6.07) is 4.61. The number of aromatic nitrogens is 2. The average molecular weight is 342 g/mol. The first-order chi connectivity index (χ1) is 11.6. The van der Waals surface area contributed by atoms with Gasteiger partial charge in [-0.3, -0.25) is 10.7 Å². The first-order valence-corrected chi connectivity index (χ1v) is 8.20. The number of nitrogens with two attached hydrogens (primary N) is 1.